The summed E-state index contributed by atoms with van der Waals surface area (Å²) >= 11 is 0. The lowest BCUT2D eigenvalue weighted by molar-refractivity contribution is 0.0949. The summed E-state index contributed by atoms with van der Waals surface area (Å²) < 4.78 is 10.7. The standard InChI is InChI=1S/C18H21N3O3/c1-23-12-13-4-6-14(7-5-13)18(22)20-11-15-8-9-19-17(21-15)16-3-2-10-24-16/h4-9,16H,2-3,10-12H2,1H3,(H,20,22)/t16-/m1/s1. The van der Waals surface area contributed by atoms with Crippen LogP contribution in [0.2, 0.25) is 0 Å². The van der Waals surface area contributed by atoms with Gasteiger partial charge in [0, 0.05) is 25.5 Å². The first-order valence-electron chi connectivity index (χ1n) is 8.06. The smallest absolute Gasteiger partial charge is 0.251 e. The minimum absolute atomic E-state index is 0.0195. The molecule has 0 saturated carbocycles. The van der Waals surface area contributed by atoms with Gasteiger partial charge in [-0.2, -0.15) is 0 Å². The van der Waals surface area contributed by atoms with Crippen molar-refractivity contribution in [2.45, 2.75) is 32.1 Å². The van der Waals surface area contributed by atoms with Crippen molar-refractivity contribution >= 4 is 5.91 Å². The van der Waals surface area contributed by atoms with Crippen LogP contribution in [-0.4, -0.2) is 29.6 Å². The summed E-state index contributed by atoms with van der Waals surface area (Å²) in [5.41, 5.74) is 2.43. The number of hydrogen-bond donors (Lipinski definition) is 1. The Bertz CT molecular complexity index is 682. The fraction of sp³-hybridized carbons (Fsp3) is 0.389. The Kier molecular flexibility index (Phi) is 5.51. The minimum Gasteiger partial charge on any atom is -0.380 e. The average molecular weight is 327 g/mol. The van der Waals surface area contributed by atoms with Gasteiger partial charge in [0.15, 0.2) is 5.82 Å². The quantitative estimate of drug-likeness (QED) is 0.882. The number of rotatable bonds is 6. The molecule has 0 unspecified atom stereocenters. The molecule has 1 amide bonds. The molecule has 0 radical (unpaired) electrons. The lowest BCUT2D eigenvalue weighted by atomic mass is 10.1. The highest BCUT2D eigenvalue weighted by Gasteiger charge is 2.20. The average Bonchev–Trinajstić information content (AvgIpc) is 3.16. The topological polar surface area (TPSA) is 73.3 Å². The Morgan fingerprint density at radius 1 is 1.33 bits per heavy atom. The van der Waals surface area contributed by atoms with E-state index in [-0.39, 0.29) is 12.0 Å². The number of hydrogen-bond acceptors (Lipinski definition) is 5. The zero-order chi connectivity index (χ0) is 16.8. The number of nitrogens with one attached hydrogen (secondary N) is 1. The highest BCUT2D eigenvalue weighted by atomic mass is 16.5. The first kappa shape index (κ1) is 16.5. The van der Waals surface area contributed by atoms with Crippen molar-refractivity contribution in [3.63, 3.8) is 0 Å². The van der Waals surface area contributed by atoms with Crippen LogP contribution in [0.5, 0.6) is 0 Å². The van der Waals surface area contributed by atoms with Crippen molar-refractivity contribution in [3.05, 3.63) is 59.2 Å². The molecule has 0 bridgehead atoms. The van der Waals surface area contributed by atoms with Crippen LogP contribution in [0.4, 0.5) is 0 Å². The van der Waals surface area contributed by atoms with Gasteiger partial charge >= 0.3 is 0 Å². The SMILES string of the molecule is COCc1ccc(C(=O)NCc2ccnc([C@H]3CCCO3)n2)cc1. The Labute approximate surface area is 141 Å². The zero-order valence-electron chi connectivity index (χ0n) is 13.7. The first-order valence-corrected chi connectivity index (χ1v) is 8.06. The summed E-state index contributed by atoms with van der Waals surface area (Å²) in [7, 11) is 1.65. The normalized spacial score (nSPS) is 17.0. The largest absolute Gasteiger partial charge is 0.380 e. The molecule has 0 spiro atoms. The Morgan fingerprint density at radius 2 is 2.17 bits per heavy atom. The van der Waals surface area contributed by atoms with E-state index in [1.54, 1.807) is 31.5 Å². The molecular weight excluding hydrogens is 306 g/mol. The van der Waals surface area contributed by atoms with Crippen molar-refractivity contribution in [1.82, 2.24) is 15.3 Å². The first-order chi connectivity index (χ1) is 11.8. The van der Waals surface area contributed by atoms with E-state index in [1.807, 2.05) is 12.1 Å². The Balaban J connectivity index is 1.58. The molecule has 1 saturated heterocycles. The van der Waals surface area contributed by atoms with Crippen molar-refractivity contribution in [1.29, 1.82) is 0 Å². The van der Waals surface area contributed by atoms with Gasteiger partial charge in [0.05, 0.1) is 18.8 Å². The second-order valence-corrected chi connectivity index (χ2v) is 5.72. The Morgan fingerprint density at radius 3 is 2.88 bits per heavy atom. The van der Waals surface area contributed by atoms with Crippen molar-refractivity contribution in [3.8, 4) is 0 Å². The van der Waals surface area contributed by atoms with Gasteiger partial charge in [-0.1, -0.05) is 12.1 Å². The molecule has 1 N–H and O–H groups in total. The highest BCUT2D eigenvalue weighted by Crippen LogP contribution is 2.25. The van der Waals surface area contributed by atoms with E-state index in [0.29, 0.717) is 24.5 Å². The summed E-state index contributed by atoms with van der Waals surface area (Å²) in [4.78, 5) is 21.0. The molecule has 2 heterocycles. The summed E-state index contributed by atoms with van der Waals surface area (Å²) in [5, 5.41) is 2.88. The number of carbonyl (C=O) groups is 1. The molecule has 1 aliphatic rings. The third-order valence-corrected chi connectivity index (χ3v) is 3.91. The van der Waals surface area contributed by atoms with Gasteiger partial charge in [0.25, 0.3) is 5.91 Å². The number of carbonyl (C=O) groups excluding carboxylic acids is 1. The maximum Gasteiger partial charge on any atom is 0.251 e. The number of aromatic nitrogens is 2. The van der Waals surface area contributed by atoms with E-state index in [2.05, 4.69) is 15.3 Å². The van der Waals surface area contributed by atoms with Gasteiger partial charge in [-0.15, -0.1) is 0 Å². The predicted molar refractivity (Wildman–Crippen MR) is 88.3 cm³/mol. The zero-order valence-corrected chi connectivity index (χ0v) is 13.7. The van der Waals surface area contributed by atoms with Crippen LogP contribution in [-0.2, 0) is 22.6 Å². The molecule has 0 aliphatic carbocycles. The second kappa shape index (κ2) is 7.99. The third kappa shape index (κ3) is 4.15. The molecule has 1 aromatic heterocycles. The molecule has 3 rings (SSSR count). The van der Waals surface area contributed by atoms with Crippen LogP contribution in [0.3, 0.4) is 0 Å². The van der Waals surface area contributed by atoms with Gasteiger partial charge in [-0.3, -0.25) is 4.79 Å². The fourth-order valence-corrected chi connectivity index (χ4v) is 2.64. The molecule has 126 valence electrons. The molecule has 1 atom stereocenters. The maximum absolute atomic E-state index is 12.2. The summed E-state index contributed by atoms with van der Waals surface area (Å²) in [6, 6.07) is 9.17. The van der Waals surface area contributed by atoms with E-state index in [0.717, 1.165) is 30.7 Å². The minimum atomic E-state index is -0.128. The third-order valence-electron chi connectivity index (χ3n) is 3.91. The highest BCUT2D eigenvalue weighted by molar-refractivity contribution is 5.94. The van der Waals surface area contributed by atoms with E-state index in [9.17, 15) is 4.79 Å². The molecule has 1 aliphatic heterocycles. The van der Waals surface area contributed by atoms with Gasteiger partial charge in [0.1, 0.15) is 6.10 Å². The van der Waals surface area contributed by atoms with Crippen molar-refractivity contribution in [2.24, 2.45) is 0 Å². The molecule has 2 aromatic rings. The molecular formula is C18H21N3O3. The van der Waals surface area contributed by atoms with Crippen LogP contribution in [0.25, 0.3) is 0 Å². The summed E-state index contributed by atoms with van der Waals surface area (Å²) in [5.74, 6) is 0.569. The summed E-state index contributed by atoms with van der Waals surface area (Å²) in [6.45, 7) is 1.66. The predicted octanol–water partition coefficient (Wildman–Crippen LogP) is 2.40. The van der Waals surface area contributed by atoms with Gasteiger partial charge in [-0.25, -0.2) is 9.97 Å². The Hall–Kier alpha value is -2.31. The van der Waals surface area contributed by atoms with Crippen LogP contribution >= 0.6 is 0 Å². The lowest BCUT2D eigenvalue weighted by Gasteiger charge is -2.10. The van der Waals surface area contributed by atoms with Crippen LogP contribution in [0.1, 0.15) is 46.4 Å². The number of amides is 1. The number of nitrogens with zero attached hydrogens (tertiary/aromatic N) is 2. The van der Waals surface area contributed by atoms with Crippen molar-refractivity contribution < 1.29 is 14.3 Å². The monoisotopic (exact) mass is 327 g/mol. The number of methoxy groups -OCH3 is 1. The number of ether oxygens (including phenoxy) is 2. The molecule has 6 heteroatoms. The van der Waals surface area contributed by atoms with Crippen LogP contribution < -0.4 is 5.32 Å². The van der Waals surface area contributed by atoms with E-state index in [4.69, 9.17) is 9.47 Å². The molecule has 1 fully saturated rings. The van der Waals surface area contributed by atoms with Crippen LogP contribution in [0.15, 0.2) is 36.5 Å². The van der Waals surface area contributed by atoms with Gasteiger partial charge in [0.2, 0.25) is 0 Å². The molecule has 1 aromatic carbocycles. The van der Waals surface area contributed by atoms with Crippen LogP contribution in [0, 0.1) is 0 Å². The lowest BCUT2D eigenvalue weighted by Crippen LogP contribution is -2.23. The van der Waals surface area contributed by atoms with E-state index >= 15 is 0 Å². The van der Waals surface area contributed by atoms with Crippen molar-refractivity contribution in [2.75, 3.05) is 13.7 Å². The summed E-state index contributed by atoms with van der Waals surface area (Å²) in [6.07, 6.45) is 3.68. The van der Waals surface area contributed by atoms with Gasteiger partial charge in [-0.05, 0) is 36.6 Å². The fourth-order valence-electron chi connectivity index (χ4n) is 2.64. The molecule has 6 nitrogen and oxygen atoms in total. The van der Waals surface area contributed by atoms with Gasteiger partial charge < -0.3 is 14.8 Å². The second-order valence-electron chi connectivity index (χ2n) is 5.72. The molecule has 24 heavy (non-hydrogen) atoms. The van der Waals surface area contributed by atoms with E-state index < -0.39 is 0 Å². The van der Waals surface area contributed by atoms with E-state index in [1.165, 1.54) is 0 Å². The maximum atomic E-state index is 12.2. The number of benzene rings is 1.